The largest absolute Gasteiger partial charge is 0.390 e. The van der Waals surface area contributed by atoms with Crippen molar-refractivity contribution in [2.75, 3.05) is 31.3 Å². The highest BCUT2D eigenvalue weighted by Gasteiger charge is 2.09. The van der Waals surface area contributed by atoms with E-state index in [1.807, 2.05) is 73.6 Å². The molecule has 146 valence electrons. The zero-order chi connectivity index (χ0) is 19.9. The summed E-state index contributed by atoms with van der Waals surface area (Å²) in [6, 6.07) is 17.4. The summed E-state index contributed by atoms with van der Waals surface area (Å²) in [6.07, 6.45) is 2.72. The molecule has 1 unspecified atom stereocenters. The summed E-state index contributed by atoms with van der Waals surface area (Å²) in [5.41, 5.74) is 3.48. The zero-order valence-electron chi connectivity index (χ0n) is 16.0. The topological polar surface area (TPSA) is 82.4 Å². The maximum Gasteiger partial charge on any atom is 0.323 e. The second-order valence-electron chi connectivity index (χ2n) is 6.89. The van der Waals surface area contributed by atoms with Crippen LogP contribution in [0.2, 0.25) is 0 Å². The summed E-state index contributed by atoms with van der Waals surface area (Å²) in [6.45, 7) is 0.907. The van der Waals surface area contributed by atoms with E-state index in [4.69, 9.17) is 0 Å². The molecule has 0 spiro atoms. The number of anilines is 2. The van der Waals surface area contributed by atoms with Crippen molar-refractivity contribution in [2.45, 2.75) is 12.6 Å². The van der Waals surface area contributed by atoms with Crippen molar-refractivity contribution in [2.24, 2.45) is 0 Å². The van der Waals surface area contributed by atoms with Gasteiger partial charge in [0, 0.05) is 18.4 Å². The average Bonchev–Trinajstić information content (AvgIpc) is 3.08. The number of hydrogen-bond donors (Lipinski definition) is 3. The lowest BCUT2D eigenvalue weighted by molar-refractivity contribution is 0.116. The fourth-order valence-corrected chi connectivity index (χ4v) is 2.89. The number of nitrogens with zero attached hydrogens (tertiary/aromatic N) is 3. The van der Waals surface area contributed by atoms with Gasteiger partial charge in [-0.15, -0.1) is 0 Å². The minimum Gasteiger partial charge on any atom is -0.390 e. The van der Waals surface area contributed by atoms with E-state index in [0.29, 0.717) is 24.5 Å². The Balaban J connectivity index is 1.53. The first-order valence-electron chi connectivity index (χ1n) is 9.08. The van der Waals surface area contributed by atoms with Gasteiger partial charge in [0.05, 0.1) is 24.5 Å². The summed E-state index contributed by atoms with van der Waals surface area (Å²) in [5.74, 6) is 0. The molecule has 0 fully saturated rings. The smallest absolute Gasteiger partial charge is 0.323 e. The SMILES string of the molecule is CN(C)CC(O)Cn1cc(NC(=O)Nc2ccc(-c3ccccc3)cc2)cn1. The highest BCUT2D eigenvalue weighted by atomic mass is 16.3. The summed E-state index contributed by atoms with van der Waals surface area (Å²) in [5, 5.41) is 19.7. The van der Waals surface area contributed by atoms with Gasteiger partial charge in [-0.1, -0.05) is 42.5 Å². The molecule has 1 aromatic heterocycles. The second kappa shape index (κ2) is 9.16. The van der Waals surface area contributed by atoms with E-state index in [9.17, 15) is 9.90 Å². The number of rotatable bonds is 7. The van der Waals surface area contributed by atoms with Gasteiger partial charge in [0.2, 0.25) is 0 Å². The summed E-state index contributed by atoms with van der Waals surface area (Å²) in [4.78, 5) is 14.1. The Bertz CT molecular complexity index is 891. The number of nitrogens with one attached hydrogen (secondary N) is 2. The van der Waals surface area contributed by atoms with Crippen molar-refractivity contribution < 1.29 is 9.90 Å². The number of carbonyl (C=O) groups is 1. The van der Waals surface area contributed by atoms with Crippen molar-refractivity contribution in [3.05, 3.63) is 67.0 Å². The highest BCUT2D eigenvalue weighted by Crippen LogP contribution is 2.21. The molecule has 0 saturated heterocycles. The maximum atomic E-state index is 12.2. The van der Waals surface area contributed by atoms with Crippen LogP contribution in [0.4, 0.5) is 16.2 Å². The number of aromatic nitrogens is 2. The number of aliphatic hydroxyl groups is 1. The number of likely N-dealkylation sites (N-methyl/N-ethyl adjacent to an activating group) is 1. The van der Waals surface area contributed by atoms with Gasteiger partial charge in [-0.2, -0.15) is 5.10 Å². The van der Waals surface area contributed by atoms with Crippen LogP contribution in [-0.4, -0.2) is 52.6 Å². The molecular weight excluding hydrogens is 354 g/mol. The van der Waals surface area contributed by atoms with Crippen molar-refractivity contribution in [1.82, 2.24) is 14.7 Å². The van der Waals surface area contributed by atoms with Crippen molar-refractivity contribution >= 4 is 17.4 Å². The number of urea groups is 1. The molecule has 28 heavy (non-hydrogen) atoms. The number of amides is 2. The average molecular weight is 379 g/mol. The maximum absolute atomic E-state index is 12.2. The lowest BCUT2D eigenvalue weighted by Crippen LogP contribution is -2.29. The van der Waals surface area contributed by atoms with Gasteiger partial charge in [-0.25, -0.2) is 4.79 Å². The fraction of sp³-hybridized carbons (Fsp3) is 0.238. The highest BCUT2D eigenvalue weighted by molar-refractivity contribution is 5.99. The molecule has 0 aliphatic rings. The quantitative estimate of drug-likeness (QED) is 0.589. The molecular formula is C21H25N5O2. The number of hydrogen-bond acceptors (Lipinski definition) is 4. The van der Waals surface area contributed by atoms with Gasteiger partial charge in [0.15, 0.2) is 0 Å². The first-order valence-corrected chi connectivity index (χ1v) is 9.08. The molecule has 0 aliphatic carbocycles. The normalized spacial score (nSPS) is 12.0. The van der Waals surface area contributed by atoms with E-state index >= 15 is 0 Å². The lowest BCUT2D eigenvalue weighted by atomic mass is 10.1. The van der Waals surface area contributed by atoms with E-state index in [1.165, 1.54) is 0 Å². The van der Waals surface area contributed by atoms with Crippen LogP contribution in [0.5, 0.6) is 0 Å². The molecule has 0 saturated carbocycles. The Morgan fingerprint density at radius 1 is 1.04 bits per heavy atom. The molecule has 2 amide bonds. The lowest BCUT2D eigenvalue weighted by Gasteiger charge is -2.15. The number of aliphatic hydroxyl groups excluding tert-OH is 1. The number of carbonyl (C=O) groups excluding carboxylic acids is 1. The summed E-state index contributed by atoms with van der Waals surface area (Å²) >= 11 is 0. The van der Waals surface area contributed by atoms with E-state index < -0.39 is 6.10 Å². The molecule has 3 aromatic rings. The van der Waals surface area contributed by atoms with E-state index in [1.54, 1.807) is 17.1 Å². The Morgan fingerprint density at radius 2 is 1.68 bits per heavy atom. The van der Waals surface area contributed by atoms with Crippen LogP contribution in [0.3, 0.4) is 0 Å². The molecule has 0 bridgehead atoms. The zero-order valence-corrected chi connectivity index (χ0v) is 16.0. The molecule has 1 atom stereocenters. The molecule has 3 rings (SSSR count). The Kier molecular flexibility index (Phi) is 6.41. The van der Waals surface area contributed by atoms with Crippen LogP contribution in [0.1, 0.15) is 0 Å². The van der Waals surface area contributed by atoms with Crippen LogP contribution in [-0.2, 0) is 6.54 Å². The molecule has 2 aromatic carbocycles. The van der Waals surface area contributed by atoms with Crippen molar-refractivity contribution in [3.8, 4) is 11.1 Å². The molecule has 7 heteroatoms. The standard InChI is InChI=1S/C21H25N5O2/c1-25(2)14-20(27)15-26-13-19(12-22-26)24-21(28)23-18-10-8-17(9-11-18)16-6-4-3-5-7-16/h3-13,20,27H,14-15H2,1-2H3,(H2,23,24,28). The van der Waals surface area contributed by atoms with Crippen molar-refractivity contribution in [1.29, 1.82) is 0 Å². The van der Waals surface area contributed by atoms with Crippen LogP contribution >= 0.6 is 0 Å². The minimum atomic E-state index is -0.528. The Labute approximate surface area is 164 Å². The molecule has 7 nitrogen and oxygen atoms in total. The van der Waals surface area contributed by atoms with Crippen LogP contribution in [0, 0.1) is 0 Å². The van der Waals surface area contributed by atoms with Gasteiger partial charge < -0.3 is 20.6 Å². The summed E-state index contributed by atoms with van der Waals surface area (Å²) in [7, 11) is 3.80. The van der Waals surface area contributed by atoms with Gasteiger partial charge in [-0.3, -0.25) is 4.68 Å². The summed E-state index contributed by atoms with van der Waals surface area (Å²) < 4.78 is 1.61. The predicted octanol–water partition coefficient (Wildman–Crippen LogP) is 3.12. The first-order chi connectivity index (χ1) is 13.5. The predicted molar refractivity (Wildman–Crippen MR) is 111 cm³/mol. The van der Waals surface area contributed by atoms with Crippen LogP contribution in [0.15, 0.2) is 67.0 Å². The Morgan fingerprint density at radius 3 is 2.36 bits per heavy atom. The third-order valence-electron chi connectivity index (χ3n) is 4.11. The van der Waals surface area contributed by atoms with E-state index in [0.717, 1.165) is 11.1 Å². The van der Waals surface area contributed by atoms with Crippen molar-refractivity contribution in [3.63, 3.8) is 0 Å². The minimum absolute atomic E-state index is 0.346. The monoisotopic (exact) mass is 379 g/mol. The van der Waals surface area contributed by atoms with Crippen LogP contribution < -0.4 is 10.6 Å². The van der Waals surface area contributed by atoms with Gasteiger partial charge >= 0.3 is 6.03 Å². The van der Waals surface area contributed by atoms with E-state index in [2.05, 4.69) is 15.7 Å². The molecule has 0 radical (unpaired) electrons. The first kappa shape index (κ1) is 19.6. The fourth-order valence-electron chi connectivity index (χ4n) is 2.89. The number of benzene rings is 2. The van der Waals surface area contributed by atoms with Gasteiger partial charge in [0.25, 0.3) is 0 Å². The van der Waals surface area contributed by atoms with E-state index in [-0.39, 0.29) is 6.03 Å². The molecule has 1 heterocycles. The molecule has 0 aliphatic heterocycles. The second-order valence-corrected chi connectivity index (χ2v) is 6.89. The Hall–Kier alpha value is -3.16. The third-order valence-corrected chi connectivity index (χ3v) is 4.11. The third kappa shape index (κ3) is 5.67. The van der Waals surface area contributed by atoms with Crippen LogP contribution in [0.25, 0.3) is 11.1 Å². The molecule has 3 N–H and O–H groups in total. The van der Waals surface area contributed by atoms with Gasteiger partial charge in [-0.05, 0) is 37.4 Å². The van der Waals surface area contributed by atoms with Gasteiger partial charge in [0.1, 0.15) is 0 Å².